The van der Waals surface area contributed by atoms with Gasteiger partial charge in [0.1, 0.15) is 17.1 Å². The average molecular weight is 310 g/mol. The first-order chi connectivity index (χ1) is 10.0. The Labute approximate surface area is 123 Å². The third kappa shape index (κ3) is 2.62. The van der Waals surface area contributed by atoms with Crippen LogP contribution in [0.4, 0.5) is 14.5 Å². The zero-order chi connectivity index (χ0) is 15.0. The van der Waals surface area contributed by atoms with Gasteiger partial charge in [0.2, 0.25) is 0 Å². The summed E-state index contributed by atoms with van der Waals surface area (Å²) in [4.78, 5) is 7.33. The van der Waals surface area contributed by atoms with E-state index < -0.39 is 6.61 Å². The second kappa shape index (κ2) is 5.21. The summed E-state index contributed by atoms with van der Waals surface area (Å²) in [5.41, 5.74) is 7.84. The number of alkyl halides is 2. The number of anilines is 1. The molecule has 4 nitrogen and oxygen atoms in total. The average Bonchev–Trinajstić information content (AvgIpc) is 2.82. The molecule has 0 unspecified atom stereocenters. The predicted octanol–water partition coefficient (Wildman–Crippen LogP) is 4.07. The van der Waals surface area contributed by atoms with Gasteiger partial charge < -0.3 is 15.5 Å². The largest absolute Gasteiger partial charge is 0.434 e. The highest BCUT2D eigenvalue weighted by Gasteiger charge is 2.15. The fraction of sp³-hybridized carbons (Fsp3) is 0.0714. The van der Waals surface area contributed by atoms with Crippen LogP contribution < -0.4 is 10.5 Å². The number of hydrogen-bond acceptors (Lipinski definition) is 3. The minimum absolute atomic E-state index is 0.0382. The van der Waals surface area contributed by atoms with Crippen molar-refractivity contribution < 1.29 is 13.5 Å². The Bertz CT molecular complexity index is 804. The molecule has 0 aliphatic heterocycles. The van der Waals surface area contributed by atoms with Crippen LogP contribution >= 0.6 is 11.6 Å². The number of aromatic amines is 1. The Morgan fingerprint density at radius 3 is 2.76 bits per heavy atom. The molecule has 21 heavy (non-hydrogen) atoms. The first-order valence-corrected chi connectivity index (χ1v) is 6.41. The predicted molar refractivity (Wildman–Crippen MR) is 77.6 cm³/mol. The van der Waals surface area contributed by atoms with Crippen molar-refractivity contribution in [2.45, 2.75) is 6.61 Å². The number of nitrogens with two attached hydrogens (primary N) is 1. The van der Waals surface area contributed by atoms with Crippen LogP contribution in [-0.4, -0.2) is 16.6 Å². The minimum Gasteiger partial charge on any atom is -0.434 e. The maximum absolute atomic E-state index is 12.4. The molecule has 0 saturated heterocycles. The van der Waals surface area contributed by atoms with Crippen LogP contribution in [-0.2, 0) is 0 Å². The molecule has 0 aliphatic rings. The zero-order valence-electron chi connectivity index (χ0n) is 10.6. The zero-order valence-corrected chi connectivity index (χ0v) is 11.4. The summed E-state index contributed by atoms with van der Waals surface area (Å²) < 4.78 is 29.4. The summed E-state index contributed by atoms with van der Waals surface area (Å²) in [6.45, 7) is -2.91. The van der Waals surface area contributed by atoms with Crippen molar-refractivity contribution in [2.75, 3.05) is 5.73 Å². The molecule has 3 aromatic rings. The lowest BCUT2D eigenvalue weighted by molar-refractivity contribution is -0.0494. The Kier molecular flexibility index (Phi) is 3.39. The van der Waals surface area contributed by atoms with Gasteiger partial charge in [-0.05, 0) is 24.3 Å². The molecule has 0 amide bonds. The SMILES string of the molecule is Nc1cc(Cl)cc2[nH]c(-c3ccccc3OC(F)F)nc12. The second-order valence-electron chi connectivity index (χ2n) is 4.35. The highest BCUT2D eigenvalue weighted by molar-refractivity contribution is 6.31. The van der Waals surface area contributed by atoms with E-state index in [-0.39, 0.29) is 5.75 Å². The monoisotopic (exact) mass is 309 g/mol. The molecule has 0 radical (unpaired) electrons. The first-order valence-electron chi connectivity index (χ1n) is 6.03. The van der Waals surface area contributed by atoms with E-state index in [0.29, 0.717) is 33.1 Å². The number of para-hydroxylation sites is 1. The van der Waals surface area contributed by atoms with E-state index >= 15 is 0 Å². The van der Waals surface area contributed by atoms with Crippen molar-refractivity contribution in [3.8, 4) is 17.1 Å². The van der Waals surface area contributed by atoms with Gasteiger partial charge in [0, 0.05) is 5.02 Å². The van der Waals surface area contributed by atoms with Gasteiger partial charge in [-0.3, -0.25) is 0 Å². The van der Waals surface area contributed by atoms with Crippen molar-refractivity contribution >= 4 is 28.3 Å². The maximum atomic E-state index is 12.4. The van der Waals surface area contributed by atoms with Crippen LogP contribution in [0.2, 0.25) is 5.02 Å². The molecule has 3 rings (SSSR count). The summed E-state index contributed by atoms with van der Waals surface area (Å²) in [7, 11) is 0. The molecule has 0 saturated carbocycles. The summed E-state index contributed by atoms with van der Waals surface area (Å²) in [6.07, 6.45) is 0. The van der Waals surface area contributed by atoms with Gasteiger partial charge >= 0.3 is 6.61 Å². The van der Waals surface area contributed by atoms with Crippen LogP contribution in [0, 0.1) is 0 Å². The number of aromatic nitrogens is 2. The normalized spacial score (nSPS) is 11.2. The molecule has 0 atom stereocenters. The highest BCUT2D eigenvalue weighted by atomic mass is 35.5. The number of fused-ring (bicyclic) bond motifs is 1. The number of hydrogen-bond donors (Lipinski definition) is 2. The van der Waals surface area contributed by atoms with E-state index in [9.17, 15) is 8.78 Å². The molecule has 0 aliphatic carbocycles. The number of rotatable bonds is 3. The number of halogens is 3. The number of H-pyrrole nitrogens is 1. The molecule has 108 valence electrons. The van der Waals surface area contributed by atoms with Gasteiger partial charge in [0.25, 0.3) is 0 Å². The summed E-state index contributed by atoms with van der Waals surface area (Å²) in [5.74, 6) is 0.423. The lowest BCUT2D eigenvalue weighted by Gasteiger charge is -2.08. The van der Waals surface area contributed by atoms with Crippen LogP contribution in [0.25, 0.3) is 22.4 Å². The summed E-state index contributed by atoms with van der Waals surface area (Å²) in [6, 6.07) is 9.64. The van der Waals surface area contributed by atoms with Crippen molar-refractivity contribution in [2.24, 2.45) is 0 Å². The maximum Gasteiger partial charge on any atom is 0.387 e. The number of benzene rings is 2. The standard InChI is InChI=1S/C14H10ClF2N3O/c15-7-5-9(18)12-10(6-7)19-13(20-12)8-3-1-2-4-11(8)21-14(16)17/h1-6,14H,18H2,(H,19,20). The van der Waals surface area contributed by atoms with Gasteiger partial charge in [-0.2, -0.15) is 8.78 Å². The topological polar surface area (TPSA) is 63.9 Å². The van der Waals surface area contributed by atoms with E-state index in [0.717, 1.165) is 0 Å². The Morgan fingerprint density at radius 2 is 2.00 bits per heavy atom. The van der Waals surface area contributed by atoms with Crippen LogP contribution in [0.5, 0.6) is 5.75 Å². The van der Waals surface area contributed by atoms with Crippen molar-refractivity contribution in [1.82, 2.24) is 9.97 Å². The molecule has 3 N–H and O–H groups in total. The van der Waals surface area contributed by atoms with E-state index in [1.54, 1.807) is 30.3 Å². The molecule has 0 bridgehead atoms. The van der Waals surface area contributed by atoms with Gasteiger partial charge in [0.15, 0.2) is 0 Å². The molecular formula is C14H10ClF2N3O. The van der Waals surface area contributed by atoms with Crippen LogP contribution in [0.3, 0.4) is 0 Å². The number of ether oxygens (including phenoxy) is 1. The van der Waals surface area contributed by atoms with Gasteiger partial charge in [0.05, 0.1) is 16.8 Å². The summed E-state index contributed by atoms with van der Waals surface area (Å²) in [5, 5.41) is 0.465. The molecular weight excluding hydrogens is 300 g/mol. The molecule has 7 heteroatoms. The molecule has 1 aromatic heterocycles. The van der Waals surface area contributed by atoms with Gasteiger partial charge in [-0.1, -0.05) is 23.7 Å². The van der Waals surface area contributed by atoms with E-state index in [4.69, 9.17) is 17.3 Å². The molecule has 0 spiro atoms. The number of nitrogens with one attached hydrogen (secondary N) is 1. The number of nitrogen functional groups attached to an aromatic ring is 1. The third-order valence-electron chi connectivity index (χ3n) is 2.94. The highest BCUT2D eigenvalue weighted by Crippen LogP contribution is 2.32. The van der Waals surface area contributed by atoms with Crippen molar-refractivity contribution in [3.63, 3.8) is 0 Å². The van der Waals surface area contributed by atoms with Gasteiger partial charge in [-0.25, -0.2) is 4.98 Å². The summed E-state index contributed by atoms with van der Waals surface area (Å²) >= 11 is 5.93. The van der Waals surface area contributed by atoms with Crippen molar-refractivity contribution in [3.05, 3.63) is 41.4 Å². The quantitative estimate of drug-likeness (QED) is 0.717. The Hall–Kier alpha value is -2.34. The lowest BCUT2D eigenvalue weighted by Crippen LogP contribution is -2.03. The fourth-order valence-electron chi connectivity index (χ4n) is 2.10. The number of nitrogens with zero attached hydrogens (tertiary/aromatic N) is 1. The fourth-order valence-corrected chi connectivity index (χ4v) is 2.32. The van der Waals surface area contributed by atoms with E-state index in [2.05, 4.69) is 14.7 Å². The van der Waals surface area contributed by atoms with E-state index in [1.165, 1.54) is 6.07 Å². The molecule has 2 aromatic carbocycles. The lowest BCUT2D eigenvalue weighted by atomic mass is 10.2. The van der Waals surface area contributed by atoms with E-state index in [1.807, 2.05) is 0 Å². The second-order valence-corrected chi connectivity index (χ2v) is 4.79. The van der Waals surface area contributed by atoms with Crippen LogP contribution in [0.1, 0.15) is 0 Å². The van der Waals surface area contributed by atoms with Crippen LogP contribution in [0.15, 0.2) is 36.4 Å². The minimum atomic E-state index is -2.91. The molecule has 1 heterocycles. The third-order valence-corrected chi connectivity index (χ3v) is 3.16. The smallest absolute Gasteiger partial charge is 0.387 e. The number of imidazole rings is 1. The molecule has 0 fully saturated rings. The first kappa shape index (κ1) is 13.6. The Balaban J connectivity index is 2.15. The van der Waals surface area contributed by atoms with Crippen molar-refractivity contribution in [1.29, 1.82) is 0 Å². The Morgan fingerprint density at radius 1 is 1.24 bits per heavy atom. The van der Waals surface area contributed by atoms with Gasteiger partial charge in [-0.15, -0.1) is 0 Å².